The van der Waals surface area contributed by atoms with E-state index in [9.17, 15) is 0 Å². The number of nitrogens with zero attached hydrogens (tertiary/aromatic N) is 1. The van der Waals surface area contributed by atoms with E-state index in [1.807, 2.05) is 13.8 Å². The number of likely N-dealkylation sites (tertiary alicyclic amines) is 1. The number of hydrogen-bond donors (Lipinski definition) is 0. The quantitative estimate of drug-likeness (QED) is 0.797. The molecule has 2 saturated heterocycles. The summed E-state index contributed by atoms with van der Waals surface area (Å²) in [6.45, 7) is 5.73. The van der Waals surface area contributed by atoms with Gasteiger partial charge in [-0.15, -0.1) is 0 Å². The van der Waals surface area contributed by atoms with E-state index in [1.165, 1.54) is 12.0 Å². The zero-order valence-electron chi connectivity index (χ0n) is 12.7. The molecule has 0 saturated carbocycles. The van der Waals surface area contributed by atoms with Crippen molar-refractivity contribution in [2.24, 2.45) is 5.92 Å². The first-order chi connectivity index (χ1) is 10.1. The van der Waals surface area contributed by atoms with Crippen molar-refractivity contribution >= 4 is 0 Å². The zero-order chi connectivity index (χ0) is 14.4. The van der Waals surface area contributed by atoms with Crippen LogP contribution in [0.2, 0.25) is 0 Å². The van der Waals surface area contributed by atoms with Gasteiger partial charge in [-0.2, -0.15) is 0 Å². The van der Waals surface area contributed by atoms with Crippen LogP contribution in [0, 0.1) is 5.92 Å². The number of hydrogen-bond acceptors (Lipinski definition) is 3. The van der Waals surface area contributed by atoms with E-state index in [2.05, 4.69) is 47.4 Å². The van der Waals surface area contributed by atoms with Gasteiger partial charge in [0.25, 0.3) is 0 Å². The minimum Gasteiger partial charge on any atom is -0.348 e. The maximum Gasteiger partial charge on any atom is 0.163 e. The molecule has 2 bridgehead atoms. The van der Waals surface area contributed by atoms with Gasteiger partial charge in [-0.05, 0) is 31.7 Å². The molecule has 0 N–H and O–H groups in total. The zero-order valence-corrected chi connectivity index (χ0v) is 12.7. The molecule has 2 heterocycles. The largest absolute Gasteiger partial charge is 0.348 e. The van der Waals surface area contributed by atoms with Crippen molar-refractivity contribution < 1.29 is 9.47 Å². The van der Waals surface area contributed by atoms with E-state index in [0.29, 0.717) is 24.6 Å². The second-order valence-electron chi connectivity index (χ2n) is 6.87. The third-order valence-corrected chi connectivity index (χ3v) is 4.96. The molecule has 1 aromatic rings. The summed E-state index contributed by atoms with van der Waals surface area (Å²) >= 11 is 0. The van der Waals surface area contributed by atoms with E-state index < -0.39 is 5.79 Å². The number of benzene rings is 1. The van der Waals surface area contributed by atoms with E-state index in [1.54, 1.807) is 0 Å². The highest BCUT2D eigenvalue weighted by molar-refractivity contribution is 5.22. The highest BCUT2D eigenvalue weighted by atomic mass is 16.7. The predicted octanol–water partition coefficient (Wildman–Crippen LogP) is 2.97. The van der Waals surface area contributed by atoms with Crippen LogP contribution in [0.1, 0.15) is 25.8 Å². The first kappa shape index (κ1) is 13.5. The van der Waals surface area contributed by atoms with E-state index in [-0.39, 0.29) is 6.10 Å². The second-order valence-corrected chi connectivity index (χ2v) is 6.87. The molecule has 112 valence electrons. The fraction of sp³-hybridized carbons (Fsp3) is 0.556. The normalized spacial score (nSPS) is 37.4. The standard InChI is InChI=1S/C18H23NO2/c1-18(2)20-12-16(21-18)17-14-8-9-15(10-14)19(17)11-13-6-4-3-5-7-13/h3-9,14-17H,10-12H2,1-2H3/t14-,15+,16+,17-/m0/s1. The monoisotopic (exact) mass is 285 g/mol. The smallest absolute Gasteiger partial charge is 0.163 e. The van der Waals surface area contributed by atoms with Crippen LogP contribution in [0.5, 0.6) is 0 Å². The molecule has 3 heteroatoms. The number of ether oxygens (including phenoxy) is 2. The molecule has 0 amide bonds. The van der Waals surface area contributed by atoms with Crippen LogP contribution in [-0.2, 0) is 16.0 Å². The molecule has 0 aromatic heterocycles. The second kappa shape index (κ2) is 4.94. The van der Waals surface area contributed by atoms with Crippen LogP contribution in [0.3, 0.4) is 0 Å². The molecule has 0 spiro atoms. The summed E-state index contributed by atoms with van der Waals surface area (Å²) in [5.41, 5.74) is 1.38. The summed E-state index contributed by atoms with van der Waals surface area (Å²) < 4.78 is 12.0. The van der Waals surface area contributed by atoms with Crippen LogP contribution in [0.4, 0.5) is 0 Å². The molecule has 1 aliphatic carbocycles. The molecule has 4 rings (SSSR count). The summed E-state index contributed by atoms with van der Waals surface area (Å²) in [6.07, 6.45) is 6.16. The van der Waals surface area contributed by atoms with Crippen LogP contribution < -0.4 is 0 Å². The highest BCUT2D eigenvalue weighted by Crippen LogP contribution is 2.42. The molecule has 2 fully saturated rings. The highest BCUT2D eigenvalue weighted by Gasteiger charge is 2.50. The van der Waals surface area contributed by atoms with Crippen molar-refractivity contribution in [3.8, 4) is 0 Å². The number of rotatable bonds is 3. The summed E-state index contributed by atoms with van der Waals surface area (Å²) in [7, 11) is 0. The van der Waals surface area contributed by atoms with Crippen molar-refractivity contribution in [2.75, 3.05) is 6.61 Å². The summed E-state index contributed by atoms with van der Waals surface area (Å²) in [5, 5.41) is 0. The summed E-state index contributed by atoms with van der Waals surface area (Å²) in [4.78, 5) is 2.61. The predicted molar refractivity (Wildman–Crippen MR) is 81.7 cm³/mol. The molecular formula is C18H23NO2. The molecule has 4 atom stereocenters. The van der Waals surface area contributed by atoms with E-state index in [0.717, 1.165) is 6.54 Å². The van der Waals surface area contributed by atoms with Crippen molar-refractivity contribution in [3.05, 3.63) is 48.0 Å². The van der Waals surface area contributed by atoms with Gasteiger partial charge in [0.1, 0.15) is 6.10 Å². The Kier molecular flexibility index (Phi) is 3.18. The molecule has 3 aliphatic rings. The molecule has 3 nitrogen and oxygen atoms in total. The summed E-state index contributed by atoms with van der Waals surface area (Å²) in [6, 6.07) is 11.7. The van der Waals surface area contributed by atoms with Gasteiger partial charge in [0.05, 0.1) is 6.61 Å². The van der Waals surface area contributed by atoms with Gasteiger partial charge in [-0.3, -0.25) is 4.90 Å². The lowest BCUT2D eigenvalue weighted by atomic mass is 9.96. The molecule has 1 aromatic carbocycles. The fourth-order valence-corrected chi connectivity index (χ4v) is 4.06. The first-order valence-electron chi connectivity index (χ1n) is 7.92. The van der Waals surface area contributed by atoms with Crippen LogP contribution in [0.15, 0.2) is 42.5 Å². The Bertz CT molecular complexity index is 539. The average molecular weight is 285 g/mol. The number of fused-ring (bicyclic) bond motifs is 2. The summed E-state index contributed by atoms with van der Waals surface area (Å²) in [5.74, 6) is 0.176. The lowest BCUT2D eigenvalue weighted by molar-refractivity contribution is -0.147. The van der Waals surface area contributed by atoms with Gasteiger partial charge in [0, 0.05) is 18.6 Å². The maximum absolute atomic E-state index is 6.16. The van der Waals surface area contributed by atoms with Crippen molar-refractivity contribution in [3.63, 3.8) is 0 Å². The van der Waals surface area contributed by atoms with Gasteiger partial charge in [0.2, 0.25) is 0 Å². The molecular weight excluding hydrogens is 262 g/mol. The van der Waals surface area contributed by atoms with Gasteiger partial charge < -0.3 is 9.47 Å². The van der Waals surface area contributed by atoms with Gasteiger partial charge in [-0.1, -0.05) is 42.5 Å². The maximum atomic E-state index is 6.16. The fourth-order valence-electron chi connectivity index (χ4n) is 4.06. The Morgan fingerprint density at radius 1 is 1.19 bits per heavy atom. The van der Waals surface area contributed by atoms with E-state index >= 15 is 0 Å². The first-order valence-corrected chi connectivity index (χ1v) is 7.92. The van der Waals surface area contributed by atoms with E-state index in [4.69, 9.17) is 9.47 Å². The van der Waals surface area contributed by atoms with Crippen molar-refractivity contribution in [1.82, 2.24) is 4.90 Å². The van der Waals surface area contributed by atoms with Gasteiger partial charge in [0.15, 0.2) is 5.79 Å². The Morgan fingerprint density at radius 3 is 2.71 bits per heavy atom. The van der Waals surface area contributed by atoms with Gasteiger partial charge >= 0.3 is 0 Å². The third kappa shape index (κ3) is 2.44. The molecule has 21 heavy (non-hydrogen) atoms. The topological polar surface area (TPSA) is 21.7 Å². The lowest BCUT2D eigenvalue weighted by Gasteiger charge is -2.36. The van der Waals surface area contributed by atoms with Crippen molar-refractivity contribution in [2.45, 2.75) is 50.8 Å². The minimum atomic E-state index is -0.436. The van der Waals surface area contributed by atoms with Crippen LogP contribution in [0.25, 0.3) is 0 Å². The SMILES string of the molecule is CC1(C)OC[C@H]([C@@H]2[C@H]3C=C[C@H](C3)N2Cc2ccccc2)O1. The van der Waals surface area contributed by atoms with Crippen molar-refractivity contribution in [1.29, 1.82) is 0 Å². The third-order valence-electron chi connectivity index (χ3n) is 4.96. The minimum absolute atomic E-state index is 0.184. The van der Waals surface area contributed by atoms with Crippen LogP contribution in [-0.4, -0.2) is 35.5 Å². The Balaban J connectivity index is 1.55. The Labute approximate surface area is 126 Å². The van der Waals surface area contributed by atoms with Crippen LogP contribution >= 0.6 is 0 Å². The molecule has 0 radical (unpaired) electrons. The average Bonchev–Trinajstić information content (AvgIpc) is 3.14. The molecule has 2 aliphatic heterocycles. The Hall–Kier alpha value is -1.16. The molecule has 0 unspecified atom stereocenters. The lowest BCUT2D eigenvalue weighted by Crippen LogP contribution is -2.47. The van der Waals surface area contributed by atoms with Gasteiger partial charge in [-0.25, -0.2) is 0 Å². The Morgan fingerprint density at radius 2 is 2.00 bits per heavy atom.